The Kier molecular flexibility index (Phi) is 10.9. The molecule has 0 saturated carbocycles. The van der Waals surface area contributed by atoms with E-state index < -0.39 is 29.2 Å². The van der Waals surface area contributed by atoms with E-state index in [1.54, 1.807) is 49.5 Å². The van der Waals surface area contributed by atoms with Gasteiger partial charge in [0.15, 0.2) is 6.10 Å². The minimum absolute atomic E-state index is 0. The summed E-state index contributed by atoms with van der Waals surface area (Å²) in [5, 5.41) is 10.1. The van der Waals surface area contributed by atoms with Gasteiger partial charge in [-0.25, -0.2) is 8.78 Å². The van der Waals surface area contributed by atoms with Crippen molar-refractivity contribution in [3.05, 3.63) is 89.2 Å². The summed E-state index contributed by atoms with van der Waals surface area (Å²) in [5.41, 5.74) is 6.85. The Balaban J connectivity index is 0.00000272. The summed E-state index contributed by atoms with van der Waals surface area (Å²) in [6.45, 7) is 1.84. The molecule has 0 aliphatic carbocycles. The van der Waals surface area contributed by atoms with Crippen molar-refractivity contribution in [1.82, 2.24) is 10.3 Å². The maximum absolute atomic E-state index is 15.3. The molecule has 176 valence electrons. The molecule has 3 rings (SSSR count). The summed E-state index contributed by atoms with van der Waals surface area (Å²) >= 11 is 0. The molecule has 0 unspecified atom stereocenters. The number of benzene rings is 2. The molecule has 6 nitrogen and oxygen atoms in total. The molecule has 33 heavy (non-hydrogen) atoms. The van der Waals surface area contributed by atoms with Gasteiger partial charge in [-0.15, -0.1) is 24.8 Å². The summed E-state index contributed by atoms with van der Waals surface area (Å²) in [5.74, 6) is -2.47. The first-order valence-corrected chi connectivity index (χ1v) is 9.63. The van der Waals surface area contributed by atoms with Crippen LogP contribution < -0.4 is 11.1 Å². The van der Waals surface area contributed by atoms with Crippen LogP contribution in [0, 0.1) is 17.0 Å². The topological polar surface area (TPSA) is 101 Å². The molecule has 1 atom stereocenters. The van der Waals surface area contributed by atoms with Crippen molar-refractivity contribution in [2.45, 2.75) is 19.6 Å². The van der Waals surface area contributed by atoms with E-state index in [1.165, 1.54) is 12.3 Å². The lowest BCUT2D eigenvalue weighted by Gasteiger charge is -2.20. The molecule has 0 radical (unpaired) electrons. The van der Waals surface area contributed by atoms with E-state index in [4.69, 9.17) is 15.9 Å². The zero-order valence-corrected chi connectivity index (χ0v) is 19.3. The third-order valence-electron chi connectivity index (χ3n) is 4.66. The number of halogens is 4. The molecule has 0 saturated heterocycles. The summed E-state index contributed by atoms with van der Waals surface area (Å²) < 4.78 is 35.3. The monoisotopic (exact) mass is 496 g/mol. The minimum atomic E-state index is -1.46. The van der Waals surface area contributed by atoms with Crippen molar-refractivity contribution in [2.24, 2.45) is 5.73 Å². The van der Waals surface area contributed by atoms with E-state index in [9.17, 15) is 9.18 Å². The lowest BCUT2D eigenvalue weighted by molar-refractivity contribution is -0.133. The van der Waals surface area contributed by atoms with Crippen LogP contribution in [0.5, 0.6) is 0 Å². The van der Waals surface area contributed by atoms with Crippen molar-refractivity contribution in [2.75, 3.05) is 6.61 Å². The molecule has 0 spiro atoms. The number of carbonyl (C=O) groups is 1. The van der Waals surface area contributed by atoms with Crippen LogP contribution in [0.3, 0.4) is 0 Å². The maximum atomic E-state index is 15.3. The van der Waals surface area contributed by atoms with Crippen LogP contribution in [0.15, 0.2) is 60.9 Å². The number of nitrogen functional groups attached to an aromatic ring is 1. The van der Waals surface area contributed by atoms with Crippen molar-refractivity contribution in [3.63, 3.8) is 0 Å². The molecular formula is C23H24Cl2F2N4O2. The highest BCUT2D eigenvalue weighted by Gasteiger charge is 2.29. The SMILES string of the molecule is CCO[C@H](C(=O)NCc1ccc(C(=N)N)cc1)c1c(F)ccc(-c2cccnc2)c1F.Cl.Cl. The zero-order chi connectivity index (χ0) is 22.4. The Hall–Kier alpha value is -3.07. The van der Waals surface area contributed by atoms with Crippen molar-refractivity contribution < 1.29 is 18.3 Å². The number of carbonyl (C=O) groups excluding carboxylic acids is 1. The molecule has 1 amide bonds. The predicted octanol–water partition coefficient (Wildman–Crippen LogP) is 4.55. The molecule has 1 heterocycles. The second kappa shape index (κ2) is 12.8. The average molecular weight is 497 g/mol. The Morgan fingerprint density at radius 3 is 2.42 bits per heavy atom. The normalized spacial score (nSPS) is 11.0. The Labute approximate surface area is 202 Å². The van der Waals surface area contributed by atoms with Crippen LogP contribution in [-0.4, -0.2) is 23.3 Å². The van der Waals surface area contributed by atoms with Crippen molar-refractivity contribution in [1.29, 1.82) is 5.41 Å². The first-order valence-electron chi connectivity index (χ1n) is 9.63. The molecule has 0 fully saturated rings. The fraction of sp³-hybridized carbons (Fsp3) is 0.174. The molecule has 4 N–H and O–H groups in total. The lowest BCUT2D eigenvalue weighted by atomic mass is 9.99. The fourth-order valence-corrected chi connectivity index (χ4v) is 3.10. The van der Waals surface area contributed by atoms with E-state index in [0.29, 0.717) is 11.1 Å². The number of nitrogens with two attached hydrogens (primary N) is 1. The first-order chi connectivity index (χ1) is 14.9. The number of amides is 1. The van der Waals surface area contributed by atoms with Crippen LogP contribution in [0.1, 0.15) is 29.7 Å². The van der Waals surface area contributed by atoms with Gasteiger partial charge in [0.25, 0.3) is 5.91 Å². The average Bonchev–Trinajstić information content (AvgIpc) is 2.77. The van der Waals surface area contributed by atoms with Gasteiger partial charge in [-0.05, 0) is 30.7 Å². The lowest BCUT2D eigenvalue weighted by Crippen LogP contribution is -2.31. The van der Waals surface area contributed by atoms with Crippen LogP contribution in [0.25, 0.3) is 11.1 Å². The quantitative estimate of drug-likeness (QED) is 0.314. The Bertz CT molecular complexity index is 1080. The predicted molar refractivity (Wildman–Crippen MR) is 128 cm³/mol. The molecule has 3 aromatic rings. The van der Waals surface area contributed by atoms with E-state index in [1.807, 2.05) is 0 Å². The third kappa shape index (κ3) is 6.71. The molecule has 0 aliphatic rings. The third-order valence-corrected chi connectivity index (χ3v) is 4.66. The number of hydrogen-bond donors (Lipinski definition) is 3. The van der Waals surface area contributed by atoms with Crippen molar-refractivity contribution >= 4 is 36.6 Å². The van der Waals surface area contributed by atoms with Crippen LogP contribution >= 0.6 is 24.8 Å². The van der Waals surface area contributed by atoms with Gasteiger partial charge in [-0.1, -0.05) is 30.3 Å². The van der Waals surface area contributed by atoms with Gasteiger partial charge in [0.1, 0.15) is 17.5 Å². The molecule has 1 aromatic heterocycles. The fourth-order valence-electron chi connectivity index (χ4n) is 3.10. The van der Waals surface area contributed by atoms with Gasteiger partial charge in [0.2, 0.25) is 0 Å². The molecule has 0 bridgehead atoms. The molecular weight excluding hydrogens is 473 g/mol. The van der Waals surface area contributed by atoms with Gasteiger partial charge in [0.05, 0.1) is 5.56 Å². The van der Waals surface area contributed by atoms with Crippen LogP contribution in [0.4, 0.5) is 8.78 Å². The van der Waals surface area contributed by atoms with E-state index >= 15 is 4.39 Å². The maximum Gasteiger partial charge on any atom is 0.254 e. The van der Waals surface area contributed by atoms with E-state index in [-0.39, 0.29) is 49.4 Å². The van der Waals surface area contributed by atoms with E-state index in [0.717, 1.165) is 11.6 Å². The Morgan fingerprint density at radius 2 is 1.85 bits per heavy atom. The summed E-state index contributed by atoms with van der Waals surface area (Å²) in [4.78, 5) is 16.8. The number of aromatic nitrogens is 1. The van der Waals surface area contributed by atoms with Gasteiger partial charge in [-0.3, -0.25) is 15.2 Å². The minimum Gasteiger partial charge on any atom is -0.384 e. The highest BCUT2D eigenvalue weighted by molar-refractivity contribution is 5.94. The number of amidine groups is 1. The zero-order valence-electron chi connectivity index (χ0n) is 17.7. The molecule has 2 aromatic carbocycles. The number of nitrogens with one attached hydrogen (secondary N) is 2. The second-order valence-corrected chi connectivity index (χ2v) is 6.73. The second-order valence-electron chi connectivity index (χ2n) is 6.73. The van der Waals surface area contributed by atoms with E-state index in [2.05, 4.69) is 10.3 Å². The van der Waals surface area contributed by atoms with Crippen LogP contribution in [0.2, 0.25) is 0 Å². The summed E-state index contributed by atoms with van der Waals surface area (Å²) in [6, 6.07) is 12.4. The summed E-state index contributed by atoms with van der Waals surface area (Å²) in [7, 11) is 0. The van der Waals surface area contributed by atoms with Gasteiger partial charge in [0, 0.05) is 42.2 Å². The highest BCUT2D eigenvalue weighted by Crippen LogP contribution is 2.31. The summed E-state index contributed by atoms with van der Waals surface area (Å²) in [6.07, 6.45) is 1.55. The van der Waals surface area contributed by atoms with Gasteiger partial charge in [-0.2, -0.15) is 0 Å². The number of hydrogen-bond acceptors (Lipinski definition) is 4. The standard InChI is InChI=1S/C23H22F2N4O2.2ClH/c1-2-31-21(23(30)29-12-14-5-7-15(8-6-14)22(26)27)19-18(24)10-9-17(20(19)25)16-4-3-11-28-13-16;;/h3-11,13,21H,2,12H2,1H3,(H3,26,27)(H,29,30);2*1H/t21-;;/m0../s1. The number of pyridine rings is 1. The van der Waals surface area contributed by atoms with Crippen molar-refractivity contribution in [3.8, 4) is 11.1 Å². The smallest absolute Gasteiger partial charge is 0.254 e. The highest BCUT2D eigenvalue weighted by atomic mass is 35.5. The number of ether oxygens (including phenoxy) is 1. The largest absolute Gasteiger partial charge is 0.384 e. The van der Waals surface area contributed by atoms with Crippen LogP contribution in [-0.2, 0) is 16.1 Å². The van der Waals surface area contributed by atoms with Gasteiger partial charge < -0.3 is 15.8 Å². The molecule has 0 aliphatic heterocycles. The first kappa shape index (κ1) is 28.0. The van der Waals surface area contributed by atoms with Gasteiger partial charge >= 0.3 is 0 Å². The number of rotatable bonds is 8. The number of nitrogens with zero attached hydrogens (tertiary/aromatic N) is 1. The molecule has 10 heteroatoms. The Morgan fingerprint density at radius 1 is 1.15 bits per heavy atom.